The Morgan fingerprint density at radius 1 is 0.917 bits per heavy atom. The van der Waals surface area contributed by atoms with E-state index in [-0.39, 0.29) is 25.9 Å². The van der Waals surface area contributed by atoms with E-state index in [1.54, 1.807) is 0 Å². The normalized spacial score (nSPS) is 14.3. The number of aliphatic hydroxyl groups excluding tert-OH is 1. The van der Waals surface area contributed by atoms with Crippen LogP contribution in [0.5, 0.6) is 0 Å². The fourth-order valence-electron chi connectivity index (χ4n) is 2.43. The molecule has 0 rings (SSSR count). The number of carbonyl (C=O) groups is 2. The maximum Gasteiger partial charge on any atom is 0.466 e. The van der Waals surface area contributed by atoms with Crippen molar-refractivity contribution in [2.24, 2.45) is 0 Å². The molecule has 0 aromatic rings. The van der Waals surface area contributed by atoms with Gasteiger partial charge in [0.05, 0.1) is 6.61 Å². The lowest BCUT2D eigenvalue weighted by molar-refractivity contribution is -0.351. The number of ether oxygens (including phenoxy) is 2. The predicted octanol–water partition coefficient (Wildman–Crippen LogP) is 5.12. The molecule has 214 valence electrons. The van der Waals surface area contributed by atoms with Gasteiger partial charge in [-0.2, -0.15) is 43.9 Å². The summed E-state index contributed by atoms with van der Waals surface area (Å²) in [6.45, 7) is 2.93. The largest absolute Gasteiger partial charge is 0.466 e. The van der Waals surface area contributed by atoms with Gasteiger partial charge in [0.1, 0.15) is 5.57 Å². The molecule has 0 aliphatic rings. The van der Waals surface area contributed by atoms with E-state index >= 15 is 0 Å². The van der Waals surface area contributed by atoms with Crippen molar-refractivity contribution in [3.8, 4) is 0 Å². The van der Waals surface area contributed by atoms with E-state index in [1.807, 2.05) is 0 Å². The van der Waals surface area contributed by atoms with Gasteiger partial charge in [-0.25, -0.2) is 4.79 Å². The number of carbonyl (C=O) groups excluding carboxylic acids is 2. The van der Waals surface area contributed by atoms with Crippen LogP contribution in [0.25, 0.3) is 0 Å². The lowest BCUT2D eigenvalue weighted by Crippen LogP contribution is -2.62. The zero-order valence-electron chi connectivity index (χ0n) is 19.4. The number of rotatable bonds is 13. The number of hydrogen-bond donors (Lipinski definition) is 2. The van der Waals surface area contributed by atoms with Crippen LogP contribution in [0.3, 0.4) is 0 Å². The van der Waals surface area contributed by atoms with Gasteiger partial charge in [-0.15, -0.1) is 0 Å². The summed E-state index contributed by atoms with van der Waals surface area (Å²) in [5.41, 5.74) is -2.41. The zero-order valence-corrected chi connectivity index (χ0v) is 20.3. The third kappa shape index (κ3) is 9.95. The summed E-state index contributed by atoms with van der Waals surface area (Å²) in [5, 5.41) is 2.15. The fourth-order valence-corrected chi connectivity index (χ4v) is 2.54. The second-order valence-corrected chi connectivity index (χ2v) is 7.53. The summed E-state index contributed by atoms with van der Waals surface area (Å²) in [6.07, 6.45) is -14.4. The van der Waals surface area contributed by atoms with Gasteiger partial charge in [-0.3, -0.25) is 4.79 Å². The Bertz CT molecular complexity index is 719. The van der Waals surface area contributed by atoms with E-state index in [2.05, 4.69) is 28.7 Å². The minimum atomic E-state index is -6.00. The van der Waals surface area contributed by atoms with E-state index in [4.69, 9.17) is 5.11 Å². The number of hydrogen-bond acceptors (Lipinski definition) is 6. The predicted molar refractivity (Wildman–Crippen MR) is 109 cm³/mol. The Morgan fingerprint density at radius 3 is 1.69 bits per heavy atom. The first-order valence-corrected chi connectivity index (χ1v) is 10.5. The van der Waals surface area contributed by atoms with Crippen molar-refractivity contribution < 1.29 is 68.1 Å². The molecule has 1 N–H and O–H groups in total. The van der Waals surface area contributed by atoms with Gasteiger partial charge in [0.25, 0.3) is 0 Å². The first kappa shape index (κ1) is 36.4. The summed E-state index contributed by atoms with van der Waals surface area (Å²) in [4.78, 5) is 25.1. The Morgan fingerprint density at radius 2 is 1.36 bits per heavy atom. The third-order valence-corrected chi connectivity index (χ3v) is 4.46. The molecular weight excluding hydrogens is 544 g/mol. The molecular formula is C19H27F10NO5S. The highest BCUT2D eigenvalue weighted by atomic mass is 32.1. The van der Waals surface area contributed by atoms with Crippen LogP contribution >= 0.6 is 12.6 Å². The average molecular weight is 571 g/mol. The number of halogens is 10. The van der Waals surface area contributed by atoms with Gasteiger partial charge in [0.15, 0.2) is 0 Å². The van der Waals surface area contributed by atoms with Crippen molar-refractivity contribution in [1.29, 1.82) is 0 Å². The molecule has 0 aromatic carbocycles. The standard InChI is InChI=1S/C18H23F10NO4S.CH4O/c1-4-8-29(9-5-2)13(31)15(17(24,25)26,33-12(30)11(3)16(21,22)23)32-10-6-7-14(19,20)18(27,28)34;1-2/h34H,3-10H2,1-2H3;2H,1H3. The Balaban J connectivity index is 0. The molecule has 0 heterocycles. The zero-order chi connectivity index (χ0) is 29.2. The van der Waals surface area contributed by atoms with Crippen LogP contribution in [0.15, 0.2) is 12.2 Å². The van der Waals surface area contributed by atoms with Crippen LogP contribution in [-0.2, 0) is 19.1 Å². The molecule has 0 saturated heterocycles. The molecule has 0 aromatic heterocycles. The SMILES string of the molecule is C=C(C(=O)OC(OCCCC(F)(F)C(F)(F)S)(C(=O)N(CCC)CCC)C(F)(F)F)C(F)(F)F.CO. The van der Waals surface area contributed by atoms with Crippen LogP contribution in [0.2, 0.25) is 0 Å². The minimum Gasteiger partial charge on any atom is -0.412 e. The van der Waals surface area contributed by atoms with Crippen molar-refractivity contribution in [2.45, 2.75) is 68.8 Å². The van der Waals surface area contributed by atoms with Gasteiger partial charge in [0.2, 0.25) is 0 Å². The monoisotopic (exact) mass is 571 g/mol. The van der Waals surface area contributed by atoms with Gasteiger partial charge in [0, 0.05) is 26.6 Å². The van der Waals surface area contributed by atoms with Crippen LogP contribution in [0.1, 0.15) is 39.5 Å². The fraction of sp³-hybridized carbons (Fsp3) is 0.789. The van der Waals surface area contributed by atoms with Crippen LogP contribution in [0.4, 0.5) is 43.9 Å². The van der Waals surface area contributed by atoms with E-state index < -0.39 is 66.2 Å². The van der Waals surface area contributed by atoms with E-state index in [9.17, 15) is 53.5 Å². The molecule has 0 saturated carbocycles. The summed E-state index contributed by atoms with van der Waals surface area (Å²) in [7, 11) is 1.00. The molecule has 36 heavy (non-hydrogen) atoms. The highest BCUT2D eigenvalue weighted by Gasteiger charge is 2.68. The maximum absolute atomic E-state index is 14.0. The average Bonchev–Trinajstić information content (AvgIpc) is 2.73. The topological polar surface area (TPSA) is 76.1 Å². The first-order valence-electron chi connectivity index (χ1n) is 10.1. The van der Waals surface area contributed by atoms with Crippen LogP contribution < -0.4 is 0 Å². The summed E-state index contributed by atoms with van der Waals surface area (Å²) < 4.78 is 141. The lowest BCUT2D eigenvalue weighted by Gasteiger charge is -2.37. The number of thiol groups is 1. The molecule has 1 atom stereocenters. The number of nitrogens with zero attached hydrogens (tertiary/aromatic N) is 1. The third-order valence-electron chi connectivity index (χ3n) is 4.13. The smallest absolute Gasteiger partial charge is 0.412 e. The number of alkyl halides is 10. The summed E-state index contributed by atoms with van der Waals surface area (Å²) >= 11 is 2.39. The Kier molecular flexibility index (Phi) is 14.4. The van der Waals surface area contributed by atoms with E-state index in [0.29, 0.717) is 4.90 Å². The molecule has 0 aliphatic carbocycles. The van der Waals surface area contributed by atoms with E-state index in [1.165, 1.54) is 13.8 Å². The van der Waals surface area contributed by atoms with Crippen molar-refractivity contribution in [3.05, 3.63) is 12.2 Å². The van der Waals surface area contributed by atoms with Gasteiger partial charge >= 0.3 is 41.2 Å². The van der Waals surface area contributed by atoms with Gasteiger partial charge in [-0.05, 0) is 19.3 Å². The lowest BCUT2D eigenvalue weighted by atomic mass is 10.1. The van der Waals surface area contributed by atoms with Crippen molar-refractivity contribution in [1.82, 2.24) is 4.90 Å². The van der Waals surface area contributed by atoms with Gasteiger partial charge < -0.3 is 19.5 Å². The molecule has 0 aliphatic heterocycles. The van der Waals surface area contributed by atoms with Gasteiger partial charge in [-0.1, -0.05) is 33.1 Å². The number of esters is 1. The molecule has 1 amide bonds. The highest BCUT2D eigenvalue weighted by Crippen LogP contribution is 2.42. The summed E-state index contributed by atoms with van der Waals surface area (Å²) in [5.74, 6) is -14.3. The van der Waals surface area contributed by atoms with Crippen LogP contribution in [0, 0.1) is 0 Å². The molecule has 1 unspecified atom stereocenters. The second kappa shape index (κ2) is 14.3. The first-order chi connectivity index (χ1) is 16.2. The Hall–Kier alpha value is -1.75. The van der Waals surface area contributed by atoms with Crippen LogP contribution in [-0.4, -0.2) is 78.0 Å². The van der Waals surface area contributed by atoms with E-state index in [0.717, 1.165) is 7.11 Å². The molecule has 17 heteroatoms. The minimum absolute atomic E-state index is 0.0755. The van der Waals surface area contributed by atoms with Crippen molar-refractivity contribution in [2.75, 3.05) is 26.8 Å². The molecule has 0 bridgehead atoms. The molecule has 6 nitrogen and oxygen atoms in total. The molecule has 0 radical (unpaired) electrons. The number of amides is 1. The second-order valence-electron chi connectivity index (χ2n) is 6.97. The Labute approximate surface area is 206 Å². The van der Waals surface area contributed by atoms with Crippen molar-refractivity contribution in [3.63, 3.8) is 0 Å². The molecule has 0 fully saturated rings. The molecule has 0 spiro atoms. The van der Waals surface area contributed by atoms with Crippen molar-refractivity contribution >= 4 is 24.5 Å². The maximum atomic E-state index is 14.0. The summed E-state index contributed by atoms with van der Waals surface area (Å²) in [6, 6.07) is 0. The highest BCUT2D eigenvalue weighted by molar-refractivity contribution is 7.81. The quantitative estimate of drug-likeness (QED) is 0.0802. The number of aliphatic hydroxyl groups is 1.